The summed E-state index contributed by atoms with van der Waals surface area (Å²) in [7, 11) is 4.03. The molecule has 0 unspecified atom stereocenters. The van der Waals surface area contributed by atoms with Crippen molar-refractivity contribution in [1.29, 1.82) is 0 Å². The molecule has 0 saturated heterocycles. The van der Waals surface area contributed by atoms with Crippen molar-refractivity contribution in [3.8, 4) is 0 Å². The van der Waals surface area contributed by atoms with Gasteiger partial charge < -0.3 is 25.4 Å². The van der Waals surface area contributed by atoms with Gasteiger partial charge in [-0.05, 0) is 67.9 Å². The summed E-state index contributed by atoms with van der Waals surface area (Å²) in [5, 5.41) is 7.23. The van der Waals surface area contributed by atoms with E-state index in [0.29, 0.717) is 18.8 Å². The third-order valence-electron chi connectivity index (χ3n) is 7.53. The van der Waals surface area contributed by atoms with Crippen LogP contribution in [0, 0.1) is 6.92 Å². The zero-order valence-electron chi connectivity index (χ0n) is 23.1. The molecule has 0 saturated carbocycles. The molecular weight excluding hydrogens is 486 g/mol. The Morgan fingerprint density at radius 1 is 1.03 bits per heavy atom. The van der Waals surface area contributed by atoms with E-state index in [1.54, 1.807) is 4.90 Å². The highest BCUT2D eigenvalue weighted by atomic mass is 16.2. The Labute approximate surface area is 230 Å². The van der Waals surface area contributed by atoms with E-state index in [0.717, 1.165) is 40.6 Å². The van der Waals surface area contributed by atoms with E-state index in [1.165, 1.54) is 11.1 Å². The third kappa shape index (κ3) is 5.99. The number of rotatable bonds is 7. The van der Waals surface area contributed by atoms with Crippen LogP contribution >= 0.6 is 0 Å². The Hall–Kier alpha value is -4.10. The fourth-order valence-electron chi connectivity index (χ4n) is 5.48. The summed E-state index contributed by atoms with van der Waals surface area (Å²) in [5.74, 6) is -0.508. The van der Waals surface area contributed by atoms with Crippen molar-refractivity contribution >= 4 is 28.5 Å². The quantitative estimate of drug-likeness (QED) is 0.303. The molecule has 0 radical (unpaired) electrons. The van der Waals surface area contributed by atoms with Gasteiger partial charge in [0.1, 0.15) is 6.04 Å². The number of aromatic amines is 1. The van der Waals surface area contributed by atoms with Crippen LogP contribution < -0.4 is 10.6 Å². The number of aromatic nitrogens is 1. The van der Waals surface area contributed by atoms with Crippen molar-refractivity contribution < 1.29 is 9.59 Å². The number of nitrogens with zero attached hydrogens (tertiary/aromatic N) is 2. The Morgan fingerprint density at radius 3 is 2.67 bits per heavy atom. The van der Waals surface area contributed by atoms with Crippen molar-refractivity contribution in [2.45, 2.75) is 45.3 Å². The molecular formula is C32H37N5O2. The van der Waals surface area contributed by atoms with Crippen molar-refractivity contribution in [3.63, 3.8) is 0 Å². The van der Waals surface area contributed by atoms with Crippen LogP contribution in [0.3, 0.4) is 0 Å². The molecule has 0 aliphatic carbocycles. The maximum absolute atomic E-state index is 13.8. The lowest BCUT2D eigenvalue weighted by molar-refractivity contribution is -0.118. The molecule has 0 spiro atoms. The number of H-pyrrole nitrogens is 1. The molecule has 202 valence electrons. The van der Waals surface area contributed by atoms with Crippen LogP contribution in [0.5, 0.6) is 0 Å². The van der Waals surface area contributed by atoms with Crippen molar-refractivity contribution in [3.05, 3.63) is 101 Å². The number of hydrogen-bond donors (Lipinski definition) is 3. The van der Waals surface area contributed by atoms with Gasteiger partial charge in [0.25, 0.3) is 0 Å². The molecule has 1 aromatic heterocycles. The van der Waals surface area contributed by atoms with Crippen LogP contribution in [-0.2, 0) is 24.3 Å². The molecule has 7 heteroatoms. The first kappa shape index (κ1) is 26.5. The highest BCUT2D eigenvalue weighted by Gasteiger charge is 2.32. The lowest BCUT2D eigenvalue weighted by atomic mass is 9.92. The number of carbonyl (C=O) groups excluding carboxylic acids is 2. The van der Waals surface area contributed by atoms with Gasteiger partial charge in [0, 0.05) is 48.3 Å². The predicted molar refractivity (Wildman–Crippen MR) is 157 cm³/mol. The number of nitrogens with one attached hydrogen (secondary N) is 3. The third-order valence-corrected chi connectivity index (χ3v) is 7.53. The standard InChI is InChI=1S/C32H37N5O2/c1-21-12-13-25-20-37(15-14-24(25)16-21)32(39)35-30(22(2)28-18-33-29-11-6-5-10-27(28)29)31(38)34-26-9-7-8-23(17-26)19-36(3)4/h5-13,16-18,22,30,33H,14-15,19-20H2,1-4H3,(H,34,38)(H,35,39)/t22-,30+/m0/s1. The normalized spacial score (nSPS) is 14.6. The van der Waals surface area contributed by atoms with Crippen LogP contribution in [-0.4, -0.2) is 53.4 Å². The second-order valence-corrected chi connectivity index (χ2v) is 10.9. The summed E-state index contributed by atoms with van der Waals surface area (Å²) in [6.07, 6.45) is 2.75. The Kier molecular flexibility index (Phi) is 7.70. The van der Waals surface area contributed by atoms with E-state index in [9.17, 15) is 9.59 Å². The number of amides is 3. The van der Waals surface area contributed by atoms with E-state index in [1.807, 2.05) is 75.7 Å². The van der Waals surface area contributed by atoms with Crippen LogP contribution in [0.15, 0.2) is 72.9 Å². The first-order valence-corrected chi connectivity index (χ1v) is 13.5. The van der Waals surface area contributed by atoms with Gasteiger partial charge in [-0.15, -0.1) is 0 Å². The first-order valence-electron chi connectivity index (χ1n) is 13.5. The second-order valence-electron chi connectivity index (χ2n) is 10.9. The smallest absolute Gasteiger partial charge is 0.318 e. The molecule has 2 heterocycles. The molecule has 2 atom stereocenters. The zero-order valence-corrected chi connectivity index (χ0v) is 23.1. The molecule has 7 nitrogen and oxygen atoms in total. The fourth-order valence-corrected chi connectivity index (χ4v) is 5.48. The van der Waals surface area contributed by atoms with Gasteiger partial charge in [0.15, 0.2) is 0 Å². The summed E-state index contributed by atoms with van der Waals surface area (Å²) >= 11 is 0. The van der Waals surface area contributed by atoms with Crippen molar-refractivity contribution in [1.82, 2.24) is 20.1 Å². The van der Waals surface area contributed by atoms with E-state index >= 15 is 0 Å². The molecule has 3 N–H and O–H groups in total. The van der Waals surface area contributed by atoms with Gasteiger partial charge >= 0.3 is 6.03 Å². The molecule has 4 aromatic rings. The predicted octanol–water partition coefficient (Wildman–Crippen LogP) is 5.42. The van der Waals surface area contributed by atoms with Crippen LogP contribution in [0.25, 0.3) is 10.9 Å². The lowest BCUT2D eigenvalue weighted by Crippen LogP contribution is -2.52. The molecule has 3 amide bonds. The van der Waals surface area contributed by atoms with Crippen LogP contribution in [0.1, 0.15) is 40.7 Å². The average Bonchev–Trinajstić information content (AvgIpc) is 3.35. The Morgan fingerprint density at radius 2 is 1.85 bits per heavy atom. The number of hydrogen-bond acceptors (Lipinski definition) is 3. The topological polar surface area (TPSA) is 80.5 Å². The maximum Gasteiger partial charge on any atom is 0.318 e. The average molecular weight is 524 g/mol. The van der Waals surface area contributed by atoms with Crippen LogP contribution in [0.2, 0.25) is 0 Å². The molecule has 5 rings (SSSR count). The highest BCUT2D eigenvalue weighted by molar-refractivity contribution is 5.98. The summed E-state index contributed by atoms with van der Waals surface area (Å²) in [6.45, 7) is 6.00. The Bertz CT molecular complexity index is 1490. The van der Waals surface area contributed by atoms with Gasteiger partial charge in [-0.3, -0.25) is 4.79 Å². The SMILES string of the molecule is Cc1ccc2c(c1)CCN(C(=O)N[C@@H](C(=O)Nc1cccc(CN(C)C)c1)[C@@H](C)c1c[nH]c3ccccc13)C2. The first-order chi connectivity index (χ1) is 18.8. The van der Waals surface area contributed by atoms with E-state index < -0.39 is 6.04 Å². The van der Waals surface area contributed by atoms with E-state index in [-0.39, 0.29) is 17.9 Å². The van der Waals surface area contributed by atoms with Gasteiger partial charge in [-0.25, -0.2) is 4.79 Å². The lowest BCUT2D eigenvalue weighted by Gasteiger charge is -2.32. The molecule has 0 fully saturated rings. The molecule has 3 aromatic carbocycles. The minimum Gasteiger partial charge on any atom is -0.361 e. The fraction of sp³-hybridized carbons (Fsp3) is 0.312. The number of carbonyl (C=O) groups is 2. The summed E-state index contributed by atoms with van der Waals surface area (Å²) in [6, 6.07) is 21.3. The van der Waals surface area contributed by atoms with Gasteiger partial charge in [0.2, 0.25) is 5.91 Å². The largest absolute Gasteiger partial charge is 0.361 e. The monoisotopic (exact) mass is 523 g/mol. The van der Waals surface area contributed by atoms with E-state index in [4.69, 9.17) is 0 Å². The molecule has 1 aliphatic heterocycles. The molecule has 0 bridgehead atoms. The minimum atomic E-state index is -0.770. The molecule has 1 aliphatic rings. The number of benzene rings is 3. The Balaban J connectivity index is 1.40. The zero-order chi connectivity index (χ0) is 27.5. The second kappa shape index (κ2) is 11.3. The number of aryl methyl sites for hydroxylation is 1. The summed E-state index contributed by atoms with van der Waals surface area (Å²) in [5.41, 5.74) is 7.49. The van der Waals surface area contributed by atoms with Crippen LogP contribution in [0.4, 0.5) is 10.5 Å². The van der Waals surface area contributed by atoms with Gasteiger partial charge in [-0.1, -0.05) is 61.0 Å². The number of urea groups is 1. The van der Waals surface area contributed by atoms with Crippen molar-refractivity contribution in [2.24, 2.45) is 0 Å². The molecule has 39 heavy (non-hydrogen) atoms. The summed E-state index contributed by atoms with van der Waals surface area (Å²) in [4.78, 5) is 34.6. The van der Waals surface area contributed by atoms with Gasteiger partial charge in [-0.2, -0.15) is 0 Å². The van der Waals surface area contributed by atoms with Gasteiger partial charge in [0.05, 0.1) is 0 Å². The minimum absolute atomic E-state index is 0.227. The number of fused-ring (bicyclic) bond motifs is 2. The summed E-state index contributed by atoms with van der Waals surface area (Å²) < 4.78 is 0. The van der Waals surface area contributed by atoms with E-state index in [2.05, 4.69) is 45.6 Å². The number of para-hydroxylation sites is 1. The maximum atomic E-state index is 13.8. The highest BCUT2D eigenvalue weighted by Crippen LogP contribution is 2.29. The van der Waals surface area contributed by atoms with Crippen molar-refractivity contribution in [2.75, 3.05) is 26.0 Å². The number of anilines is 1.